The minimum atomic E-state index is 0.643. The fraction of sp³-hybridized carbons (Fsp3) is 0.333. The Hall–Kier alpha value is -1.86. The molecule has 0 saturated heterocycles. The van der Waals surface area contributed by atoms with Crippen molar-refractivity contribution >= 4 is 5.69 Å². The minimum absolute atomic E-state index is 0.643. The van der Waals surface area contributed by atoms with E-state index in [0.29, 0.717) is 5.56 Å². The van der Waals surface area contributed by atoms with Crippen molar-refractivity contribution in [1.29, 1.82) is 5.26 Å². The smallest absolute Gasteiger partial charge is 0.101 e. The first-order valence-corrected chi connectivity index (χ1v) is 5.37. The van der Waals surface area contributed by atoms with Crippen LogP contribution < -0.4 is 10.6 Å². The number of nitriles is 1. The molecule has 4 nitrogen and oxygen atoms in total. The summed E-state index contributed by atoms with van der Waals surface area (Å²) < 4.78 is 0. The second kappa shape index (κ2) is 5.29. The van der Waals surface area contributed by atoms with Crippen LogP contribution in [0.25, 0.3) is 0 Å². The first kappa shape index (κ1) is 10.7. The summed E-state index contributed by atoms with van der Waals surface area (Å²) in [4.78, 5) is 4.01. The standard InChI is InChI=1S/C12H14N4/c13-7-11-3-6-15-9-12(11)16-8-10-1-4-14-5-2-10/h1,3,6,9,14,16H,2,4-5,8H2. The molecule has 2 rings (SSSR count). The molecule has 0 saturated carbocycles. The van der Waals surface area contributed by atoms with Gasteiger partial charge in [-0.2, -0.15) is 5.26 Å². The summed E-state index contributed by atoms with van der Waals surface area (Å²) in [5.74, 6) is 0. The van der Waals surface area contributed by atoms with E-state index in [4.69, 9.17) is 5.26 Å². The van der Waals surface area contributed by atoms with Crippen LogP contribution in [0.15, 0.2) is 30.1 Å². The van der Waals surface area contributed by atoms with Gasteiger partial charge in [0.15, 0.2) is 0 Å². The number of nitrogens with one attached hydrogen (secondary N) is 2. The van der Waals surface area contributed by atoms with Crippen molar-refractivity contribution in [3.63, 3.8) is 0 Å². The molecule has 0 spiro atoms. The number of nitrogens with zero attached hydrogens (tertiary/aromatic N) is 2. The third-order valence-electron chi connectivity index (χ3n) is 2.61. The molecule has 0 aliphatic carbocycles. The zero-order valence-corrected chi connectivity index (χ0v) is 9.03. The van der Waals surface area contributed by atoms with Crippen molar-refractivity contribution in [2.24, 2.45) is 0 Å². The van der Waals surface area contributed by atoms with E-state index in [1.54, 1.807) is 18.5 Å². The van der Waals surface area contributed by atoms with E-state index in [2.05, 4.69) is 27.8 Å². The highest BCUT2D eigenvalue weighted by Gasteiger charge is 2.04. The summed E-state index contributed by atoms with van der Waals surface area (Å²) in [6.07, 6.45) is 6.59. The van der Waals surface area contributed by atoms with Crippen molar-refractivity contribution < 1.29 is 0 Å². The number of pyridine rings is 1. The largest absolute Gasteiger partial charge is 0.379 e. The third-order valence-corrected chi connectivity index (χ3v) is 2.61. The predicted molar refractivity (Wildman–Crippen MR) is 63.0 cm³/mol. The summed E-state index contributed by atoms with van der Waals surface area (Å²) in [5, 5.41) is 15.4. The van der Waals surface area contributed by atoms with Crippen LogP contribution in [0, 0.1) is 11.3 Å². The molecule has 2 heterocycles. The van der Waals surface area contributed by atoms with E-state index >= 15 is 0 Å². The number of aromatic nitrogens is 1. The van der Waals surface area contributed by atoms with E-state index in [0.717, 1.165) is 31.7 Å². The van der Waals surface area contributed by atoms with Gasteiger partial charge in [-0.3, -0.25) is 4.98 Å². The van der Waals surface area contributed by atoms with E-state index in [1.807, 2.05) is 0 Å². The van der Waals surface area contributed by atoms with Crippen LogP contribution >= 0.6 is 0 Å². The van der Waals surface area contributed by atoms with Gasteiger partial charge in [-0.1, -0.05) is 11.6 Å². The lowest BCUT2D eigenvalue weighted by Gasteiger charge is -2.15. The molecule has 0 fully saturated rings. The molecule has 4 heteroatoms. The normalized spacial score (nSPS) is 15.1. The topological polar surface area (TPSA) is 60.7 Å². The molecule has 0 radical (unpaired) electrons. The highest BCUT2D eigenvalue weighted by molar-refractivity contribution is 5.55. The minimum Gasteiger partial charge on any atom is -0.379 e. The Morgan fingerprint density at radius 2 is 2.50 bits per heavy atom. The average molecular weight is 214 g/mol. The van der Waals surface area contributed by atoms with E-state index in [9.17, 15) is 0 Å². The molecule has 16 heavy (non-hydrogen) atoms. The summed E-state index contributed by atoms with van der Waals surface area (Å²) in [6.45, 7) is 2.77. The maximum Gasteiger partial charge on any atom is 0.101 e. The van der Waals surface area contributed by atoms with Crippen LogP contribution in [0.5, 0.6) is 0 Å². The zero-order chi connectivity index (χ0) is 11.2. The monoisotopic (exact) mass is 214 g/mol. The van der Waals surface area contributed by atoms with Crippen molar-refractivity contribution in [3.05, 3.63) is 35.7 Å². The molecule has 0 aromatic carbocycles. The summed E-state index contributed by atoms with van der Waals surface area (Å²) in [6, 6.07) is 3.87. The molecule has 82 valence electrons. The van der Waals surface area contributed by atoms with Crippen LogP contribution in [0.1, 0.15) is 12.0 Å². The molecule has 1 aliphatic heterocycles. The first-order valence-electron chi connectivity index (χ1n) is 5.37. The summed E-state index contributed by atoms with van der Waals surface area (Å²) in [7, 11) is 0. The van der Waals surface area contributed by atoms with Crippen molar-refractivity contribution in [3.8, 4) is 6.07 Å². The Morgan fingerprint density at radius 1 is 1.56 bits per heavy atom. The number of rotatable bonds is 3. The number of hydrogen-bond donors (Lipinski definition) is 2. The number of anilines is 1. The van der Waals surface area contributed by atoms with Crippen LogP contribution in [0.3, 0.4) is 0 Å². The van der Waals surface area contributed by atoms with Gasteiger partial charge in [0, 0.05) is 19.3 Å². The Morgan fingerprint density at radius 3 is 3.25 bits per heavy atom. The molecular formula is C12H14N4. The Kier molecular flexibility index (Phi) is 3.52. The maximum atomic E-state index is 8.91. The van der Waals surface area contributed by atoms with Gasteiger partial charge in [-0.15, -0.1) is 0 Å². The van der Waals surface area contributed by atoms with Gasteiger partial charge in [0.05, 0.1) is 17.4 Å². The molecule has 0 unspecified atom stereocenters. The van der Waals surface area contributed by atoms with Crippen LogP contribution in [0.4, 0.5) is 5.69 Å². The molecule has 1 aliphatic rings. The van der Waals surface area contributed by atoms with Gasteiger partial charge in [0.2, 0.25) is 0 Å². The lowest BCUT2D eigenvalue weighted by atomic mass is 10.1. The van der Waals surface area contributed by atoms with Gasteiger partial charge < -0.3 is 10.6 Å². The maximum absolute atomic E-state index is 8.91. The molecule has 2 N–H and O–H groups in total. The fourth-order valence-corrected chi connectivity index (χ4v) is 1.67. The lowest BCUT2D eigenvalue weighted by molar-refractivity contribution is 0.698. The zero-order valence-electron chi connectivity index (χ0n) is 9.03. The van der Waals surface area contributed by atoms with E-state index in [-0.39, 0.29) is 0 Å². The third kappa shape index (κ3) is 2.59. The molecular weight excluding hydrogens is 200 g/mol. The second-order valence-corrected chi connectivity index (χ2v) is 3.70. The van der Waals surface area contributed by atoms with Crippen molar-refractivity contribution in [2.75, 3.05) is 25.0 Å². The molecule has 1 aromatic heterocycles. The molecule has 0 atom stereocenters. The number of hydrogen-bond acceptors (Lipinski definition) is 4. The van der Waals surface area contributed by atoms with Gasteiger partial charge in [-0.25, -0.2) is 0 Å². The van der Waals surface area contributed by atoms with Gasteiger partial charge in [0.1, 0.15) is 6.07 Å². The molecule has 0 bridgehead atoms. The van der Waals surface area contributed by atoms with Crippen LogP contribution in [-0.4, -0.2) is 24.6 Å². The Labute approximate surface area is 95.0 Å². The second-order valence-electron chi connectivity index (χ2n) is 3.70. The van der Waals surface area contributed by atoms with Crippen molar-refractivity contribution in [2.45, 2.75) is 6.42 Å². The summed E-state index contributed by atoms with van der Waals surface area (Å²) in [5.41, 5.74) is 2.83. The SMILES string of the molecule is N#Cc1ccncc1NCC1=CCNCC1. The average Bonchev–Trinajstić information content (AvgIpc) is 2.38. The first-order chi connectivity index (χ1) is 7.90. The highest BCUT2D eigenvalue weighted by Crippen LogP contribution is 2.13. The molecule has 1 aromatic rings. The van der Waals surface area contributed by atoms with Crippen molar-refractivity contribution in [1.82, 2.24) is 10.3 Å². The Balaban J connectivity index is 1.99. The molecule has 0 amide bonds. The van der Waals surface area contributed by atoms with Gasteiger partial charge >= 0.3 is 0 Å². The van der Waals surface area contributed by atoms with Gasteiger partial charge in [0.25, 0.3) is 0 Å². The van der Waals surface area contributed by atoms with Gasteiger partial charge in [-0.05, 0) is 19.0 Å². The van der Waals surface area contributed by atoms with Crippen LogP contribution in [-0.2, 0) is 0 Å². The lowest BCUT2D eigenvalue weighted by Crippen LogP contribution is -2.23. The van der Waals surface area contributed by atoms with Crippen LogP contribution in [0.2, 0.25) is 0 Å². The quantitative estimate of drug-likeness (QED) is 0.744. The van der Waals surface area contributed by atoms with E-state index < -0.39 is 0 Å². The highest BCUT2D eigenvalue weighted by atomic mass is 14.9. The fourth-order valence-electron chi connectivity index (χ4n) is 1.67. The Bertz CT molecular complexity index is 431. The predicted octanol–water partition coefficient (Wildman–Crippen LogP) is 1.28. The van der Waals surface area contributed by atoms with E-state index in [1.165, 1.54) is 5.57 Å². The summed E-state index contributed by atoms with van der Waals surface area (Å²) >= 11 is 0.